The molecule has 0 spiro atoms. The molecule has 0 bridgehead atoms. The Bertz CT molecular complexity index is 1650. The molecule has 0 heterocycles. The average Bonchev–Trinajstić information content (AvgIpc) is 3.30. The van der Waals surface area contributed by atoms with Gasteiger partial charge in [-0.3, -0.25) is 0 Å². The van der Waals surface area contributed by atoms with Crippen LogP contribution in [0.5, 0.6) is 11.5 Å². The second-order valence-corrected chi connectivity index (χ2v) is 10.0. The fraction of sp³-hybridized carbons (Fsp3) is 0.0270. The molecule has 0 atom stereocenters. The summed E-state index contributed by atoms with van der Waals surface area (Å²) >= 11 is 0. The molecule has 2 nitrogen and oxygen atoms in total. The summed E-state index contributed by atoms with van der Waals surface area (Å²) in [7, 11) is 0. The first-order valence-electron chi connectivity index (χ1n) is 13.1. The maximum absolute atomic E-state index is 10.3. The SMILES string of the molecule is Oc1ccc(C2(c3ccc(O)cc3)c3c(-c4ccccc4)cccc3-c3cccc(-c4ccccc4)c32)cc1. The van der Waals surface area contributed by atoms with Crippen LogP contribution in [0.1, 0.15) is 22.3 Å². The molecule has 186 valence electrons. The van der Waals surface area contributed by atoms with Crippen LogP contribution in [0.2, 0.25) is 0 Å². The van der Waals surface area contributed by atoms with E-state index in [0.717, 1.165) is 33.4 Å². The fourth-order valence-corrected chi connectivity index (χ4v) is 6.37. The van der Waals surface area contributed by atoms with Crippen molar-refractivity contribution in [3.05, 3.63) is 168 Å². The molecule has 2 N–H and O–H groups in total. The quantitative estimate of drug-likeness (QED) is 0.252. The highest BCUT2D eigenvalue weighted by Crippen LogP contribution is 2.61. The van der Waals surface area contributed by atoms with Crippen LogP contribution in [0.3, 0.4) is 0 Å². The van der Waals surface area contributed by atoms with Gasteiger partial charge in [0.1, 0.15) is 11.5 Å². The molecular formula is C37H26O2. The normalized spacial score (nSPS) is 13.0. The van der Waals surface area contributed by atoms with Crippen molar-refractivity contribution < 1.29 is 10.2 Å². The van der Waals surface area contributed by atoms with E-state index in [9.17, 15) is 10.2 Å². The average molecular weight is 503 g/mol. The Kier molecular flexibility index (Phi) is 5.35. The molecule has 39 heavy (non-hydrogen) atoms. The van der Waals surface area contributed by atoms with E-state index in [1.807, 2.05) is 36.4 Å². The zero-order chi connectivity index (χ0) is 26.4. The first kappa shape index (κ1) is 23.1. The first-order valence-corrected chi connectivity index (χ1v) is 13.1. The van der Waals surface area contributed by atoms with Gasteiger partial charge in [0.2, 0.25) is 0 Å². The number of rotatable bonds is 4. The number of phenols is 2. The Labute approximate surface area is 228 Å². The van der Waals surface area contributed by atoms with E-state index in [-0.39, 0.29) is 11.5 Å². The van der Waals surface area contributed by atoms with Crippen molar-refractivity contribution in [2.24, 2.45) is 0 Å². The van der Waals surface area contributed by atoms with E-state index < -0.39 is 5.41 Å². The van der Waals surface area contributed by atoms with Gasteiger partial charge in [-0.15, -0.1) is 0 Å². The highest BCUT2D eigenvalue weighted by Gasteiger charge is 2.49. The lowest BCUT2D eigenvalue weighted by Gasteiger charge is -2.36. The van der Waals surface area contributed by atoms with E-state index in [4.69, 9.17) is 0 Å². The van der Waals surface area contributed by atoms with E-state index >= 15 is 0 Å². The molecule has 0 saturated carbocycles. The van der Waals surface area contributed by atoms with Crippen molar-refractivity contribution in [2.45, 2.75) is 5.41 Å². The number of phenolic OH excluding ortho intramolecular Hbond substituents is 2. The summed E-state index contributed by atoms with van der Waals surface area (Å²) in [5, 5.41) is 20.6. The largest absolute Gasteiger partial charge is 0.508 e. The Morgan fingerprint density at radius 1 is 0.333 bits per heavy atom. The third-order valence-corrected chi connectivity index (χ3v) is 7.94. The number of benzene rings is 6. The van der Waals surface area contributed by atoms with E-state index in [2.05, 4.69) is 84.9 Å². The van der Waals surface area contributed by atoms with Gasteiger partial charge in [0, 0.05) is 0 Å². The second kappa shape index (κ2) is 9.04. The second-order valence-electron chi connectivity index (χ2n) is 10.0. The van der Waals surface area contributed by atoms with Gasteiger partial charge in [0.05, 0.1) is 5.41 Å². The van der Waals surface area contributed by atoms with Crippen molar-refractivity contribution in [3.8, 4) is 44.9 Å². The molecule has 0 aromatic heterocycles. The number of aromatic hydroxyl groups is 2. The minimum absolute atomic E-state index is 0.228. The van der Waals surface area contributed by atoms with Crippen LogP contribution in [0.25, 0.3) is 33.4 Å². The van der Waals surface area contributed by atoms with Crippen molar-refractivity contribution in [3.63, 3.8) is 0 Å². The van der Waals surface area contributed by atoms with E-state index in [1.165, 1.54) is 22.3 Å². The zero-order valence-electron chi connectivity index (χ0n) is 21.3. The molecule has 0 fully saturated rings. The van der Waals surface area contributed by atoms with Crippen molar-refractivity contribution >= 4 is 0 Å². The van der Waals surface area contributed by atoms with E-state index in [1.54, 1.807) is 24.3 Å². The Balaban J connectivity index is 1.70. The van der Waals surface area contributed by atoms with Gasteiger partial charge in [-0.25, -0.2) is 0 Å². The van der Waals surface area contributed by atoms with Gasteiger partial charge >= 0.3 is 0 Å². The van der Waals surface area contributed by atoms with Crippen LogP contribution in [0.15, 0.2) is 146 Å². The maximum atomic E-state index is 10.3. The number of hydrogen-bond acceptors (Lipinski definition) is 2. The molecule has 0 aliphatic heterocycles. The maximum Gasteiger partial charge on any atom is 0.115 e. The summed E-state index contributed by atoms with van der Waals surface area (Å²) in [4.78, 5) is 0. The van der Waals surface area contributed by atoms with Crippen LogP contribution in [-0.2, 0) is 5.41 Å². The molecule has 1 aliphatic rings. The van der Waals surface area contributed by atoms with E-state index in [0.29, 0.717) is 0 Å². The van der Waals surface area contributed by atoms with Crippen molar-refractivity contribution in [2.75, 3.05) is 0 Å². The minimum atomic E-state index is -0.703. The standard InChI is InChI=1S/C37H26O2/c38-29-21-17-27(18-22-29)37(28-19-23-30(39)24-20-28)35-31(25-9-3-1-4-10-25)13-7-15-33(35)34-16-8-14-32(36(34)37)26-11-5-2-6-12-26/h1-24,38-39H. The highest BCUT2D eigenvalue weighted by molar-refractivity contribution is 5.96. The summed E-state index contributed by atoms with van der Waals surface area (Å²) < 4.78 is 0. The summed E-state index contributed by atoms with van der Waals surface area (Å²) in [5.41, 5.74) is 10.8. The monoisotopic (exact) mass is 502 g/mol. The predicted octanol–water partition coefficient (Wildman–Crippen LogP) is 8.79. The number of hydrogen-bond donors (Lipinski definition) is 2. The summed E-state index contributed by atoms with van der Waals surface area (Å²) in [5.74, 6) is 0.455. The molecule has 0 saturated heterocycles. The van der Waals surface area contributed by atoms with Crippen LogP contribution in [0.4, 0.5) is 0 Å². The Morgan fingerprint density at radius 3 is 1.08 bits per heavy atom. The van der Waals surface area contributed by atoms with Crippen LogP contribution in [0, 0.1) is 0 Å². The van der Waals surface area contributed by atoms with Crippen LogP contribution in [-0.4, -0.2) is 10.2 Å². The summed E-state index contributed by atoms with van der Waals surface area (Å²) in [6.45, 7) is 0. The summed E-state index contributed by atoms with van der Waals surface area (Å²) in [6, 6.07) is 49.4. The Hall–Kier alpha value is -5.08. The molecule has 0 amide bonds. The van der Waals surface area contributed by atoms with Gasteiger partial charge in [-0.2, -0.15) is 0 Å². The minimum Gasteiger partial charge on any atom is -0.508 e. The van der Waals surface area contributed by atoms with Crippen LogP contribution >= 0.6 is 0 Å². The Morgan fingerprint density at radius 2 is 0.692 bits per heavy atom. The molecule has 0 unspecified atom stereocenters. The summed E-state index contributed by atoms with van der Waals surface area (Å²) in [6.07, 6.45) is 0. The fourth-order valence-electron chi connectivity index (χ4n) is 6.37. The highest BCUT2D eigenvalue weighted by atomic mass is 16.3. The molecule has 0 radical (unpaired) electrons. The molecule has 2 heteroatoms. The first-order chi connectivity index (χ1) is 19.2. The molecule has 7 rings (SSSR count). The van der Waals surface area contributed by atoms with Crippen molar-refractivity contribution in [1.29, 1.82) is 0 Å². The molecule has 1 aliphatic carbocycles. The van der Waals surface area contributed by atoms with Gasteiger partial charge in [-0.1, -0.05) is 121 Å². The third kappa shape index (κ3) is 3.49. The smallest absolute Gasteiger partial charge is 0.115 e. The zero-order valence-corrected chi connectivity index (χ0v) is 21.3. The predicted molar refractivity (Wildman–Crippen MR) is 158 cm³/mol. The number of fused-ring (bicyclic) bond motifs is 3. The van der Waals surface area contributed by atoms with Gasteiger partial charge in [0.15, 0.2) is 0 Å². The lowest BCUT2D eigenvalue weighted by molar-refractivity contribution is 0.475. The lowest BCUT2D eigenvalue weighted by atomic mass is 9.64. The molecule has 6 aromatic rings. The van der Waals surface area contributed by atoms with Gasteiger partial charge in [0.25, 0.3) is 0 Å². The third-order valence-electron chi connectivity index (χ3n) is 7.94. The van der Waals surface area contributed by atoms with Crippen LogP contribution < -0.4 is 0 Å². The van der Waals surface area contributed by atoms with Gasteiger partial charge < -0.3 is 10.2 Å². The molecular weight excluding hydrogens is 476 g/mol. The van der Waals surface area contributed by atoms with Gasteiger partial charge in [-0.05, 0) is 79.9 Å². The molecule has 6 aromatic carbocycles. The lowest BCUT2D eigenvalue weighted by Crippen LogP contribution is -2.30. The van der Waals surface area contributed by atoms with Crippen molar-refractivity contribution in [1.82, 2.24) is 0 Å². The topological polar surface area (TPSA) is 40.5 Å².